The number of halogens is 1. The van der Waals surface area contributed by atoms with Gasteiger partial charge in [0.2, 0.25) is 0 Å². The standard InChI is InChI=1S/C22H24FN3O3/c1-13-4-5-26-18(11-16-12-25(3)6-7-29-16)21(24-19(26)8-13)20-14(2)9-15(22(27)28)10-17(20)23/h4-5,8-10,16H,6-7,11-12H2,1-3H3,(H,27,28)/p+1. The molecule has 1 fully saturated rings. The molecule has 4 rings (SSSR count). The van der Waals surface area contributed by atoms with Gasteiger partial charge in [0.05, 0.1) is 30.0 Å². The molecule has 7 heteroatoms. The lowest BCUT2D eigenvalue weighted by Crippen LogP contribution is -2.42. The van der Waals surface area contributed by atoms with E-state index in [1.165, 1.54) is 6.07 Å². The highest BCUT2D eigenvalue weighted by Gasteiger charge is 2.29. The molecule has 1 aliphatic rings. The number of pyridine rings is 1. The number of morpholine rings is 1. The molecule has 152 valence electrons. The van der Waals surface area contributed by atoms with Crippen LogP contribution in [-0.2, 0) is 11.2 Å². The zero-order valence-corrected chi connectivity index (χ0v) is 16.8. The molecule has 2 aromatic heterocycles. The van der Waals surface area contributed by atoms with Crippen molar-refractivity contribution in [2.75, 3.05) is 26.7 Å². The fraction of sp³-hybridized carbons (Fsp3) is 0.364. The summed E-state index contributed by atoms with van der Waals surface area (Å²) in [4.78, 5) is 16.9. The Kier molecular flexibility index (Phi) is 5.10. The quantitative estimate of drug-likeness (QED) is 0.663. The number of aromatic nitrogens is 2. The van der Waals surface area contributed by atoms with Crippen molar-refractivity contribution in [2.24, 2.45) is 0 Å². The lowest BCUT2D eigenvalue weighted by atomic mass is 9.98. The van der Waals surface area contributed by atoms with Gasteiger partial charge in [0.25, 0.3) is 5.65 Å². The third-order valence-corrected chi connectivity index (χ3v) is 5.49. The zero-order valence-electron chi connectivity index (χ0n) is 16.8. The van der Waals surface area contributed by atoms with Crippen molar-refractivity contribution in [3.8, 4) is 11.3 Å². The van der Waals surface area contributed by atoms with Gasteiger partial charge in [0.1, 0.15) is 5.82 Å². The van der Waals surface area contributed by atoms with Crippen LogP contribution in [0, 0.1) is 19.7 Å². The van der Waals surface area contributed by atoms with Gasteiger partial charge >= 0.3 is 5.97 Å². The van der Waals surface area contributed by atoms with Crippen LogP contribution >= 0.6 is 0 Å². The average molecular weight is 398 g/mol. The number of ether oxygens (including phenoxy) is 1. The first kappa shape index (κ1) is 19.5. The Morgan fingerprint density at radius 1 is 1.38 bits per heavy atom. The van der Waals surface area contributed by atoms with Crippen molar-refractivity contribution in [3.05, 3.63) is 58.7 Å². The minimum absolute atomic E-state index is 0.00182. The fourth-order valence-corrected chi connectivity index (χ4v) is 4.06. The van der Waals surface area contributed by atoms with Gasteiger partial charge in [-0.15, -0.1) is 0 Å². The number of likely N-dealkylation sites (N-methyl/N-ethyl adjacent to an activating group) is 1. The summed E-state index contributed by atoms with van der Waals surface area (Å²) in [6.45, 7) is 6.11. The van der Waals surface area contributed by atoms with E-state index in [4.69, 9.17) is 4.74 Å². The van der Waals surface area contributed by atoms with E-state index in [9.17, 15) is 9.90 Å². The van der Waals surface area contributed by atoms with Crippen molar-refractivity contribution >= 4 is 11.6 Å². The molecule has 3 aromatic rings. The van der Waals surface area contributed by atoms with Crippen LogP contribution in [0.2, 0.25) is 0 Å². The molecule has 2 N–H and O–H groups in total. The molecule has 0 saturated carbocycles. The molecule has 6 nitrogen and oxygen atoms in total. The van der Waals surface area contributed by atoms with Crippen molar-refractivity contribution in [1.29, 1.82) is 0 Å². The number of carboxylic acids is 1. The first-order valence-electron chi connectivity index (χ1n) is 9.70. The predicted octanol–water partition coefficient (Wildman–Crippen LogP) is 2.75. The van der Waals surface area contributed by atoms with Crippen LogP contribution in [0.25, 0.3) is 16.9 Å². The number of fused-ring (bicyclic) bond motifs is 1. The summed E-state index contributed by atoms with van der Waals surface area (Å²) in [6, 6.07) is 6.62. The number of aromatic carboxylic acids is 1. The first-order chi connectivity index (χ1) is 13.8. The number of hydrogen-bond acceptors (Lipinski definition) is 3. The number of benzene rings is 1. The second-order valence-electron chi connectivity index (χ2n) is 7.82. The van der Waals surface area contributed by atoms with Crippen molar-refractivity contribution < 1.29 is 23.4 Å². The highest BCUT2D eigenvalue weighted by atomic mass is 19.1. The summed E-state index contributed by atoms with van der Waals surface area (Å²) in [6.07, 6.45) is 2.60. The van der Waals surface area contributed by atoms with Gasteiger partial charge in [-0.3, -0.25) is 0 Å². The fourth-order valence-electron chi connectivity index (χ4n) is 4.06. The van der Waals surface area contributed by atoms with E-state index in [-0.39, 0.29) is 11.7 Å². The normalized spacial score (nSPS) is 17.7. The molecule has 0 amide bonds. The van der Waals surface area contributed by atoms with Crippen LogP contribution in [0.1, 0.15) is 27.2 Å². The molecule has 3 heterocycles. The lowest BCUT2D eigenvalue weighted by molar-refractivity contribution is -0.520. The molecule has 0 bridgehead atoms. The van der Waals surface area contributed by atoms with Crippen LogP contribution in [0.15, 0.2) is 30.5 Å². The molecular formula is C22H25FN3O3+. The molecule has 0 spiro atoms. The van der Waals surface area contributed by atoms with Crippen LogP contribution in [0.4, 0.5) is 4.39 Å². The number of imidazole rings is 1. The molecular weight excluding hydrogens is 373 g/mol. The van der Waals surface area contributed by atoms with Crippen molar-refractivity contribution in [1.82, 2.24) is 9.88 Å². The monoisotopic (exact) mass is 398 g/mol. The van der Waals surface area contributed by atoms with Crippen LogP contribution in [0.5, 0.6) is 0 Å². The van der Waals surface area contributed by atoms with E-state index in [1.807, 2.05) is 29.7 Å². The maximum Gasteiger partial charge on any atom is 0.335 e. The number of rotatable bonds is 4. The van der Waals surface area contributed by atoms with Gasteiger partial charge in [-0.05, 0) is 50.2 Å². The summed E-state index contributed by atoms with van der Waals surface area (Å²) in [5.41, 5.74) is 4.47. The van der Waals surface area contributed by atoms with Gasteiger partial charge in [0.15, 0.2) is 11.4 Å². The SMILES string of the molecule is Cc1cc[n+]2c(CC3CN(C)CCO3)c(-c3c(C)cc(C(=O)O)cc3F)[nH]c2c1. The van der Waals surface area contributed by atoms with E-state index in [0.29, 0.717) is 29.8 Å². The average Bonchev–Trinajstić information content (AvgIpc) is 2.98. The molecule has 1 unspecified atom stereocenters. The Morgan fingerprint density at radius 3 is 2.86 bits per heavy atom. The van der Waals surface area contributed by atoms with E-state index < -0.39 is 11.8 Å². The Labute approximate surface area is 168 Å². The molecule has 0 aliphatic carbocycles. The largest absolute Gasteiger partial charge is 0.478 e. The maximum absolute atomic E-state index is 15.1. The lowest BCUT2D eigenvalue weighted by Gasteiger charge is -2.29. The zero-order chi connectivity index (χ0) is 20.7. The molecule has 1 atom stereocenters. The molecule has 1 saturated heterocycles. The van der Waals surface area contributed by atoms with Crippen LogP contribution < -0.4 is 4.40 Å². The van der Waals surface area contributed by atoms with Gasteiger partial charge in [-0.2, -0.15) is 4.40 Å². The Hall–Kier alpha value is -2.77. The van der Waals surface area contributed by atoms with Crippen LogP contribution in [-0.4, -0.2) is 53.8 Å². The topological polar surface area (TPSA) is 69.7 Å². The minimum atomic E-state index is -1.14. The van der Waals surface area contributed by atoms with Crippen LogP contribution in [0.3, 0.4) is 0 Å². The van der Waals surface area contributed by atoms with E-state index in [2.05, 4.69) is 16.9 Å². The molecule has 1 aliphatic heterocycles. The molecule has 29 heavy (non-hydrogen) atoms. The summed E-state index contributed by atoms with van der Waals surface area (Å²) in [5, 5.41) is 9.24. The van der Waals surface area contributed by atoms with Gasteiger partial charge in [0, 0.05) is 25.6 Å². The summed E-state index contributed by atoms with van der Waals surface area (Å²) < 4.78 is 23.0. The number of aryl methyl sites for hydroxylation is 2. The number of hydrogen-bond donors (Lipinski definition) is 2. The minimum Gasteiger partial charge on any atom is -0.478 e. The Morgan fingerprint density at radius 2 is 2.17 bits per heavy atom. The second-order valence-corrected chi connectivity index (χ2v) is 7.82. The van der Waals surface area contributed by atoms with Crippen molar-refractivity contribution in [2.45, 2.75) is 26.4 Å². The van der Waals surface area contributed by atoms with Gasteiger partial charge in [-0.1, -0.05) is 0 Å². The number of carboxylic acid groups (broad SMARTS) is 1. The number of nitrogens with one attached hydrogen (secondary N) is 1. The van der Waals surface area contributed by atoms with E-state index in [0.717, 1.165) is 36.1 Å². The highest BCUT2D eigenvalue weighted by Crippen LogP contribution is 2.30. The second kappa shape index (κ2) is 7.57. The number of H-pyrrole nitrogens is 1. The summed E-state index contributed by atoms with van der Waals surface area (Å²) >= 11 is 0. The Bertz CT molecular complexity index is 1070. The van der Waals surface area contributed by atoms with Gasteiger partial charge in [-0.25, -0.2) is 14.2 Å². The van der Waals surface area contributed by atoms with E-state index in [1.54, 1.807) is 6.92 Å². The highest BCUT2D eigenvalue weighted by molar-refractivity contribution is 5.89. The smallest absolute Gasteiger partial charge is 0.335 e. The Balaban J connectivity index is 1.87. The molecule has 1 aromatic carbocycles. The van der Waals surface area contributed by atoms with Gasteiger partial charge < -0.3 is 14.7 Å². The predicted molar refractivity (Wildman–Crippen MR) is 107 cm³/mol. The maximum atomic E-state index is 15.1. The first-order valence-corrected chi connectivity index (χ1v) is 9.70. The van der Waals surface area contributed by atoms with E-state index >= 15 is 4.39 Å². The number of nitrogens with zero attached hydrogens (tertiary/aromatic N) is 2. The third-order valence-electron chi connectivity index (χ3n) is 5.49. The molecule has 0 radical (unpaired) electrons. The number of carbonyl (C=O) groups is 1. The third kappa shape index (κ3) is 3.75. The summed E-state index contributed by atoms with van der Waals surface area (Å²) in [7, 11) is 2.07. The number of aromatic amines is 1. The summed E-state index contributed by atoms with van der Waals surface area (Å²) in [5.74, 6) is -1.69. The van der Waals surface area contributed by atoms with Crippen molar-refractivity contribution in [3.63, 3.8) is 0 Å².